The first-order valence-electron chi connectivity index (χ1n) is 13.1. The van der Waals surface area contributed by atoms with E-state index in [9.17, 15) is 14.4 Å². The van der Waals surface area contributed by atoms with Crippen molar-refractivity contribution in [3.05, 3.63) is 90.6 Å². The van der Waals surface area contributed by atoms with Crippen molar-refractivity contribution in [3.8, 4) is 5.75 Å². The first kappa shape index (κ1) is 26.6. The molecule has 8 nitrogen and oxygen atoms in total. The number of rotatable bonds is 7. The molecule has 0 saturated carbocycles. The number of benzene rings is 2. The van der Waals surface area contributed by atoms with E-state index in [4.69, 9.17) is 14.5 Å². The van der Waals surface area contributed by atoms with E-state index >= 15 is 0 Å². The third kappa shape index (κ3) is 4.40. The molecule has 0 fully saturated rings. The molecular formula is C30H31N3O5S. The summed E-state index contributed by atoms with van der Waals surface area (Å²) in [5, 5.41) is 0. The van der Waals surface area contributed by atoms with Crippen LogP contribution in [0.1, 0.15) is 57.7 Å². The molecule has 5 rings (SSSR count). The SMILES string of the molecule is CCCC1=C(C(=O)OCC)[C@@H](c2cccc(OC)c2)n2c(s/c(=C3/C(=O)N(C(C)C)c4ccccc43)c2=O)=N1. The smallest absolute Gasteiger partial charge is 0.338 e. The summed E-state index contributed by atoms with van der Waals surface area (Å²) in [6.45, 7) is 7.85. The second kappa shape index (κ2) is 10.6. The number of nitrogens with zero attached hydrogens (tertiary/aromatic N) is 3. The van der Waals surface area contributed by atoms with Crippen LogP contribution in [0.4, 0.5) is 5.69 Å². The van der Waals surface area contributed by atoms with Gasteiger partial charge in [0.2, 0.25) is 0 Å². The number of ether oxygens (including phenoxy) is 2. The van der Waals surface area contributed by atoms with Gasteiger partial charge in [-0.2, -0.15) is 0 Å². The maximum atomic E-state index is 14.3. The lowest BCUT2D eigenvalue weighted by molar-refractivity contribution is -0.139. The first-order valence-corrected chi connectivity index (χ1v) is 13.9. The van der Waals surface area contributed by atoms with Crippen molar-refractivity contribution in [2.24, 2.45) is 4.99 Å². The number of methoxy groups -OCH3 is 1. The molecule has 2 aromatic carbocycles. The van der Waals surface area contributed by atoms with E-state index in [2.05, 4.69) is 0 Å². The fourth-order valence-electron chi connectivity index (χ4n) is 5.27. The van der Waals surface area contributed by atoms with Gasteiger partial charge in [-0.05, 0) is 51.0 Å². The van der Waals surface area contributed by atoms with Gasteiger partial charge in [-0.3, -0.25) is 14.2 Å². The van der Waals surface area contributed by atoms with E-state index in [0.29, 0.717) is 43.9 Å². The fraction of sp³-hybridized carbons (Fsp3) is 0.333. The lowest BCUT2D eigenvalue weighted by Gasteiger charge is -2.26. The molecule has 1 amide bonds. The van der Waals surface area contributed by atoms with E-state index in [-0.39, 0.29) is 24.1 Å². The number of hydrogen-bond donors (Lipinski definition) is 0. The lowest BCUT2D eigenvalue weighted by atomic mass is 9.94. The molecule has 0 spiro atoms. The van der Waals surface area contributed by atoms with Gasteiger partial charge in [-0.1, -0.05) is 55.0 Å². The number of hydrogen-bond acceptors (Lipinski definition) is 7. The van der Waals surface area contributed by atoms with Crippen LogP contribution in [0.15, 0.2) is 69.6 Å². The van der Waals surface area contributed by atoms with Crippen LogP contribution >= 0.6 is 11.3 Å². The van der Waals surface area contributed by atoms with Crippen molar-refractivity contribution in [2.45, 2.75) is 52.6 Å². The van der Waals surface area contributed by atoms with Crippen LogP contribution in [-0.4, -0.2) is 36.2 Å². The molecule has 2 aliphatic heterocycles. The summed E-state index contributed by atoms with van der Waals surface area (Å²) in [5.74, 6) is -0.126. The average molecular weight is 546 g/mol. The topological polar surface area (TPSA) is 90.2 Å². The molecule has 0 N–H and O–H groups in total. The molecule has 0 saturated heterocycles. The molecule has 1 aromatic heterocycles. The Morgan fingerprint density at radius 1 is 1.10 bits per heavy atom. The Morgan fingerprint density at radius 2 is 1.87 bits per heavy atom. The zero-order chi connectivity index (χ0) is 27.8. The molecule has 0 aliphatic carbocycles. The highest BCUT2D eigenvalue weighted by atomic mass is 32.1. The fourth-order valence-corrected chi connectivity index (χ4v) is 6.38. The first-order chi connectivity index (χ1) is 18.8. The number of anilines is 1. The van der Waals surface area contributed by atoms with E-state index in [0.717, 1.165) is 17.7 Å². The van der Waals surface area contributed by atoms with E-state index < -0.39 is 12.0 Å². The Balaban J connectivity index is 1.86. The summed E-state index contributed by atoms with van der Waals surface area (Å²) in [6.07, 6.45) is 1.29. The zero-order valence-electron chi connectivity index (χ0n) is 22.7. The molecular weight excluding hydrogens is 514 g/mol. The van der Waals surface area contributed by atoms with Crippen LogP contribution in [0.2, 0.25) is 0 Å². The van der Waals surface area contributed by atoms with Crippen LogP contribution < -0.4 is 24.5 Å². The summed E-state index contributed by atoms with van der Waals surface area (Å²) in [7, 11) is 1.57. The van der Waals surface area contributed by atoms with E-state index in [1.807, 2.05) is 69.3 Å². The number of amides is 1. The highest BCUT2D eigenvalue weighted by Crippen LogP contribution is 2.37. The maximum absolute atomic E-state index is 14.3. The van der Waals surface area contributed by atoms with Crippen LogP contribution in [-0.2, 0) is 14.3 Å². The third-order valence-electron chi connectivity index (χ3n) is 6.89. The molecule has 0 unspecified atom stereocenters. The van der Waals surface area contributed by atoms with Gasteiger partial charge in [0, 0.05) is 11.6 Å². The number of esters is 1. The standard InChI is InChI=1S/C30H31N3O5S/c1-6-11-21-24(29(36)38-7-2)25(18-12-10-13-19(16-18)37-5)33-28(35)26(39-30(33)31-21)23-20-14-8-9-15-22(20)32(17(3)4)27(23)34/h8-10,12-17,25H,6-7,11H2,1-5H3/b26-23+/t25-/m1/s1. The summed E-state index contributed by atoms with van der Waals surface area (Å²) in [5.41, 5.74) is 3.11. The predicted molar refractivity (Wildman–Crippen MR) is 151 cm³/mol. The molecule has 39 heavy (non-hydrogen) atoms. The van der Waals surface area contributed by atoms with Crippen LogP contribution in [0, 0.1) is 0 Å². The van der Waals surface area contributed by atoms with Gasteiger partial charge in [-0.25, -0.2) is 9.79 Å². The normalized spacial score (nSPS) is 17.7. The monoisotopic (exact) mass is 545 g/mol. The second-order valence-corrected chi connectivity index (χ2v) is 10.6. The zero-order valence-corrected chi connectivity index (χ0v) is 23.5. The van der Waals surface area contributed by atoms with Gasteiger partial charge in [0.15, 0.2) is 4.80 Å². The summed E-state index contributed by atoms with van der Waals surface area (Å²) < 4.78 is 12.8. The maximum Gasteiger partial charge on any atom is 0.338 e. The molecule has 2 aliphatic rings. The minimum absolute atomic E-state index is 0.0871. The second-order valence-electron chi connectivity index (χ2n) is 9.67. The predicted octanol–water partition coefficient (Wildman–Crippen LogP) is 3.71. The van der Waals surface area contributed by atoms with Crippen molar-refractivity contribution in [1.29, 1.82) is 0 Å². The van der Waals surface area contributed by atoms with Crippen molar-refractivity contribution in [2.75, 3.05) is 18.6 Å². The van der Waals surface area contributed by atoms with Crippen molar-refractivity contribution in [1.82, 2.24) is 4.57 Å². The number of allylic oxidation sites excluding steroid dienone is 1. The molecule has 0 bridgehead atoms. The largest absolute Gasteiger partial charge is 0.497 e. The molecule has 3 aromatic rings. The van der Waals surface area contributed by atoms with Gasteiger partial charge in [0.25, 0.3) is 11.5 Å². The number of fused-ring (bicyclic) bond motifs is 2. The quantitative estimate of drug-likeness (QED) is 0.422. The molecule has 202 valence electrons. The van der Waals surface area contributed by atoms with Crippen molar-refractivity contribution >= 4 is 34.5 Å². The average Bonchev–Trinajstić information content (AvgIpc) is 3.40. The Labute approximate surface area is 230 Å². The number of para-hydroxylation sites is 1. The van der Waals surface area contributed by atoms with Crippen LogP contribution in [0.5, 0.6) is 5.75 Å². The highest BCUT2D eigenvalue weighted by molar-refractivity contribution is 7.07. The minimum atomic E-state index is -0.778. The number of carbonyl (C=O) groups excluding carboxylic acids is 2. The highest BCUT2D eigenvalue weighted by Gasteiger charge is 2.38. The molecule has 9 heteroatoms. The summed E-state index contributed by atoms with van der Waals surface area (Å²) >= 11 is 1.19. The number of carbonyl (C=O) groups is 2. The van der Waals surface area contributed by atoms with Crippen molar-refractivity contribution < 1.29 is 19.1 Å². The number of thiazole rings is 1. The van der Waals surface area contributed by atoms with Gasteiger partial charge >= 0.3 is 5.97 Å². The van der Waals surface area contributed by atoms with Crippen LogP contribution in [0.25, 0.3) is 5.57 Å². The van der Waals surface area contributed by atoms with Gasteiger partial charge in [0.05, 0.1) is 42.3 Å². The van der Waals surface area contributed by atoms with Gasteiger partial charge in [0.1, 0.15) is 10.3 Å². The van der Waals surface area contributed by atoms with Gasteiger partial charge in [-0.15, -0.1) is 0 Å². The summed E-state index contributed by atoms with van der Waals surface area (Å²) in [4.78, 5) is 48.4. The molecule has 3 heterocycles. The Kier molecular flexibility index (Phi) is 7.27. The van der Waals surface area contributed by atoms with Crippen LogP contribution in [0.3, 0.4) is 0 Å². The minimum Gasteiger partial charge on any atom is -0.497 e. The van der Waals surface area contributed by atoms with E-state index in [1.54, 1.807) is 18.9 Å². The Hall–Kier alpha value is -3.98. The Bertz CT molecular complexity index is 1680. The lowest BCUT2D eigenvalue weighted by Crippen LogP contribution is -2.41. The summed E-state index contributed by atoms with van der Waals surface area (Å²) in [6, 6.07) is 14.0. The van der Waals surface area contributed by atoms with E-state index in [1.165, 1.54) is 15.9 Å². The van der Waals surface area contributed by atoms with Crippen molar-refractivity contribution in [3.63, 3.8) is 0 Å². The molecule has 0 radical (unpaired) electrons. The van der Waals surface area contributed by atoms with Gasteiger partial charge < -0.3 is 14.4 Å². The molecule has 1 atom stereocenters. The number of aromatic nitrogens is 1. The Morgan fingerprint density at radius 3 is 2.56 bits per heavy atom. The third-order valence-corrected chi connectivity index (χ3v) is 7.94.